The Bertz CT molecular complexity index is 506. The predicted molar refractivity (Wildman–Crippen MR) is 85.9 cm³/mol. The highest BCUT2D eigenvalue weighted by Crippen LogP contribution is 2.33. The zero-order valence-electron chi connectivity index (χ0n) is 13.7. The van der Waals surface area contributed by atoms with Gasteiger partial charge in [-0.1, -0.05) is 12.1 Å². The molecular formula is C17H26N2O3. The number of amides is 1. The quantitative estimate of drug-likeness (QED) is 0.869. The van der Waals surface area contributed by atoms with Crippen LogP contribution in [0.3, 0.4) is 0 Å². The first-order valence-electron chi connectivity index (χ1n) is 7.85. The van der Waals surface area contributed by atoms with Gasteiger partial charge >= 0.3 is 0 Å². The standard InChI is InChI=1S/C17H26N2O3/c1-4-18(2)17(21)8-9-19-12-14(20)11-16(19)13-6-5-7-15(10-13)22-3/h5-7,10,14,16,20H,4,8-9,11-12H2,1-3H3/t14-,16-/m0/s1. The maximum Gasteiger partial charge on any atom is 0.223 e. The van der Waals surface area contributed by atoms with Crippen molar-refractivity contribution in [1.29, 1.82) is 0 Å². The highest BCUT2D eigenvalue weighted by molar-refractivity contribution is 5.76. The molecule has 1 aliphatic heterocycles. The summed E-state index contributed by atoms with van der Waals surface area (Å²) in [6.07, 6.45) is 0.845. The van der Waals surface area contributed by atoms with Crippen LogP contribution in [-0.2, 0) is 4.79 Å². The fraction of sp³-hybridized carbons (Fsp3) is 0.588. The number of rotatable bonds is 6. The van der Waals surface area contributed by atoms with Gasteiger partial charge in [0.15, 0.2) is 0 Å². The molecule has 122 valence electrons. The predicted octanol–water partition coefficient (Wildman–Crippen LogP) is 1.67. The monoisotopic (exact) mass is 306 g/mol. The van der Waals surface area contributed by atoms with Crippen LogP contribution in [0.4, 0.5) is 0 Å². The molecule has 1 fully saturated rings. The third kappa shape index (κ3) is 3.99. The van der Waals surface area contributed by atoms with Gasteiger partial charge in [0.25, 0.3) is 0 Å². The summed E-state index contributed by atoms with van der Waals surface area (Å²) >= 11 is 0. The van der Waals surface area contributed by atoms with Gasteiger partial charge in [-0.15, -0.1) is 0 Å². The van der Waals surface area contributed by atoms with Gasteiger partial charge in [-0.3, -0.25) is 9.69 Å². The molecule has 1 saturated heterocycles. The fourth-order valence-electron chi connectivity index (χ4n) is 2.93. The van der Waals surface area contributed by atoms with Gasteiger partial charge in [0.2, 0.25) is 5.91 Å². The van der Waals surface area contributed by atoms with E-state index in [4.69, 9.17) is 4.74 Å². The molecule has 0 saturated carbocycles. The number of aliphatic hydroxyl groups excluding tert-OH is 1. The Labute approximate surface area is 132 Å². The number of methoxy groups -OCH3 is 1. The number of aliphatic hydroxyl groups is 1. The van der Waals surface area contributed by atoms with Crippen LogP contribution in [0.2, 0.25) is 0 Å². The molecule has 1 N–H and O–H groups in total. The highest BCUT2D eigenvalue weighted by Gasteiger charge is 2.32. The molecule has 0 spiro atoms. The van der Waals surface area contributed by atoms with E-state index in [1.54, 1.807) is 12.0 Å². The zero-order chi connectivity index (χ0) is 16.1. The topological polar surface area (TPSA) is 53.0 Å². The maximum atomic E-state index is 12.0. The van der Waals surface area contributed by atoms with E-state index in [0.29, 0.717) is 25.9 Å². The van der Waals surface area contributed by atoms with Crippen LogP contribution < -0.4 is 4.74 Å². The molecule has 0 radical (unpaired) electrons. The van der Waals surface area contributed by atoms with E-state index in [-0.39, 0.29) is 18.1 Å². The molecule has 5 heteroatoms. The summed E-state index contributed by atoms with van der Waals surface area (Å²) in [5, 5.41) is 10.0. The van der Waals surface area contributed by atoms with Crippen molar-refractivity contribution in [2.45, 2.75) is 31.9 Å². The molecule has 22 heavy (non-hydrogen) atoms. The van der Waals surface area contributed by atoms with Crippen LogP contribution in [0.5, 0.6) is 5.75 Å². The largest absolute Gasteiger partial charge is 0.497 e. The molecule has 1 heterocycles. The maximum absolute atomic E-state index is 12.0. The van der Waals surface area contributed by atoms with E-state index in [2.05, 4.69) is 11.0 Å². The number of carbonyl (C=O) groups is 1. The van der Waals surface area contributed by atoms with Crippen molar-refractivity contribution in [2.24, 2.45) is 0 Å². The minimum absolute atomic E-state index is 0.143. The average Bonchev–Trinajstić information content (AvgIpc) is 2.92. The van der Waals surface area contributed by atoms with Gasteiger partial charge in [0.05, 0.1) is 13.2 Å². The lowest BCUT2D eigenvalue weighted by Crippen LogP contribution is -2.32. The van der Waals surface area contributed by atoms with Crippen molar-refractivity contribution in [2.75, 3.05) is 33.8 Å². The van der Waals surface area contributed by atoms with Gasteiger partial charge in [-0.25, -0.2) is 0 Å². The Kier molecular flexibility index (Phi) is 5.80. The molecule has 0 unspecified atom stereocenters. The summed E-state index contributed by atoms with van der Waals surface area (Å²) in [5.74, 6) is 0.967. The first-order chi connectivity index (χ1) is 10.5. The Morgan fingerprint density at radius 2 is 2.27 bits per heavy atom. The smallest absolute Gasteiger partial charge is 0.223 e. The van der Waals surface area contributed by atoms with Gasteiger partial charge in [0, 0.05) is 39.1 Å². The number of nitrogens with zero attached hydrogens (tertiary/aromatic N) is 2. The zero-order valence-corrected chi connectivity index (χ0v) is 13.7. The van der Waals surface area contributed by atoms with Crippen LogP contribution in [0.1, 0.15) is 31.4 Å². The summed E-state index contributed by atoms with van der Waals surface area (Å²) in [6.45, 7) is 3.98. The number of hydrogen-bond acceptors (Lipinski definition) is 4. The van der Waals surface area contributed by atoms with Crippen molar-refractivity contribution < 1.29 is 14.6 Å². The molecule has 2 atom stereocenters. The molecule has 0 aliphatic carbocycles. The molecule has 1 aliphatic rings. The Balaban J connectivity index is 2.04. The molecule has 1 aromatic carbocycles. The third-order valence-electron chi connectivity index (χ3n) is 4.37. The average molecular weight is 306 g/mol. The van der Waals surface area contributed by atoms with Crippen LogP contribution in [0.25, 0.3) is 0 Å². The van der Waals surface area contributed by atoms with Crippen molar-refractivity contribution in [3.05, 3.63) is 29.8 Å². The number of β-amino-alcohol motifs (C(OH)–C–C–N with tert-alkyl or cyclic N) is 1. The summed E-state index contributed by atoms with van der Waals surface area (Å²) < 4.78 is 5.28. The van der Waals surface area contributed by atoms with Gasteiger partial charge < -0.3 is 14.7 Å². The van der Waals surface area contributed by atoms with E-state index in [1.807, 2.05) is 32.2 Å². The van der Waals surface area contributed by atoms with Crippen LogP contribution in [-0.4, -0.2) is 60.7 Å². The second-order valence-corrected chi connectivity index (χ2v) is 5.83. The van der Waals surface area contributed by atoms with Gasteiger partial charge in [0.1, 0.15) is 5.75 Å². The molecule has 5 nitrogen and oxygen atoms in total. The van der Waals surface area contributed by atoms with Crippen LogP contribution in [0, 0.1) is 0 Å². The second kappa shape index (κ2) is 7.61. The Hall–Kier alpha value is -1.59. The molecule has 1 aromatic rings. The first-order valence-corrected chi connectivity index (χ1v) is 7.85. The third-order valence-corrected chi connectivity index (χ3v) is 4.37. The number of ether oxygens (including phenoxy) is 1. The van der Waals surface area contributed by atoms with E-state index < -0.39 is 0 Å². The fourth-order valence-corrected chi connectivity index (χ4v) is 2.93. The number of likely N-dealkylation sites (tertiary alicyclic amines) is 1. The van der Waals surface area contributed by atoms with E-state index in [0.717, 1.165) is 17.9 Å². The first kappa shape index (κ1) is 16.8. The Morgan fingerprint density at radius 3 is 2.95 bits per heavy atom. The molecule has 1 amide bonds. The second-order valence-electron chi connectivity index (χ2n) is 5.83. The summed E-state index contributed by atoms with van der Waals surface area (Å²) in [6, 6.07) is 8.09. The number of carbonyl (C=O) groups excluding carboxylic acids is 1. The van der Waals surface area contributed by atoms with Gasteiger partial charge in [-0.05, 0) is 31.0 Å². The van der Waals surface area contributed by atoms with Crippen LogP contribution in [0.15, 0.2) is 24.3 Å². The van der Waals surface area contributed by atoms with E-state index in [1.165, 1.54) is 0 Å². The summed E-state index contributed by atoms with van der Waals surface area (Å²) in [5.41, 5.74) is 1.13. The minimum atomic E-state index is -0.338. The van der Waals surface area contributed by atoms with Crippen molar-refractivity contribution in [1.82, 2.24) is 9.80 Å². The molecule has 0 aromatic heterocycles. The lowest BCUT2D eigenvalue weighted by Gasteiger charge is -2.25. The van der Waals surface area contributed by atoms with Gasteiger partial charge in [-0.2, -0.15) is 0 Å². The van der Waals surface area contributed by atoms with E-state index >= 15 is 0 Å². The molecular weight excluding hydrogens is 280 g/mol. The molecule has 0 bridgehead atoms. The molecule has 2 rings (SSSR count). The highest BCUT2D eigenvalue weighted by atomic mass is 16.5. The lowest BCUT2D eigenvalue weighted by molar-refractivity contribution is -0.130. The minimum Gasteiger partial charge on any atom is -0.497 e. The van der Waals surface area contributed by atoms with Crippen molar-refractivity contribution in [3.8, 4) is 5.75 Å². The Morgan fingerprint density at radius 1 is 1.50 bits per heavy atom. The normalized spacial score (nSPS) is 21.8. The number of hydrogen-bond donors (Lipinski definition) is 1. The lowest BCUT2D eigenvalue weighted by atomic mass is 10.0. The summed E-state index contributed by atoms with van der Waals surface area (Å²) in [4.78, 5) is 15.9. The number of benzene rings is 1. The van der Waals surface area contributed by atoms with E-state index in [9.17, 15) is 9.90 Å². The SMILES string of the molecule is CCN(C)C(=O)CCN1C[C@@H](O)C[C@H]1c1cccc(OC)c1. The summed E-state index contributed by atoms with van der Waals surface area (Å²) in [7, 11) is 3.47. The van der Waals surface area contributed by atoms with Crippen LogP contribution >= 0.6 is 0 Å². The van der Waals surface area contributed by atoms with Crippen molar-refractivity contribution >= 4 is 5.91 Å². The van der Waals surface area contributed by atoms with Crippen molar-refractivity contribution in [3.63, 3.8) is 0 Å².